The molecule has 0 radical (unpaired) electrons. The molecule has 0 aliphatic carbocycles. The largest absolute Gasteiger partial charge is 0.454 e. The van der Waals surface area contributed by atoms with Gasteiger partial charge in [-0.15, -0.1) is 0 Å². The normalized spacial score (nSPS) is 11.4. The summed E-state index contributed by atoms with van der Waals surface area (Å²) in [6, 6.07) is 48.8. The molecule has 0 aliphatic rings. The van der Waals surface area contributed by atoms with Gasteiger partial charge in [0.25, 0.3) is 0 Å². The van der Waals surface area contributed by atoms with Crippen molar-refractivity contribution < 1.29 is 4.42 Å². The molecule has 0 amide bonds. The average molecular weight is 604 g/mol. The highest BCUT2D eigenvalue weighted by atomic mass is 16.3. The molecule has 9 aromatic rings. The highest BCUT2D eigenvalue weighted by molar-refractivity contribution is 6.12. The molecular formula is C41H25N5O. The lowest BCUT2D eigenvalue weighted by molar-refractivity contribution is 0.668. The minimum absolute atomic E-state index is 0.602. The minimum Gasteiger partial charge on any atom is -0.454 e. The Kier molecular flexibility index (Phi) is 6.35. The van der Waals surface area contributed by atoms with Crippen molar-refractivity contribution in [3.8, 4) is 56.5 Å². The Hall–Kier alpha value is -6.53. The van der Waals surface area contributed by atoms with Gasteiger partial charge < -0.3 is 4.42 Å². The second-order valence-electron chi connectivity index (χ2n) is 11.4. The predicted octanol–water partition coefficient (Wildman–Crippen LogP) is 10.0. The van der Waals surface area contributed by atoms with Crippen molar-refractivity contribution in [2.24, 2.45) is 0 Å². The van der Waals surface area contributed by atoms with Crippen LogP contribution in [0.5, 0.6) is 0 Å². The number of furan rings is 1. The number of nitrogens with zero attached hydrogens (tertiary/aromatic N) is 5. The van der Waals surface area contributed by atoms with Gasteiger partial charge in [0.15, 0.2) is 23.1 Å². The van der Waals surface area contributed by atoms with Crippen LogP contribution < -0.4 is 0 Å². The van der Waals surface area contributed by atoms with Gasteiger partial charge in [-0.05, 0) is 53.6 Å². The summed E-state index contributed by atoms with van der Waals surface area (Å²) >= 11 is 0. The van der Waals surface area contributed by atoms with Crippen molar-refractivity contribution >= 4 is 33.0 Å². The zero-order valence-corrected chi connectivity index (χ0v) is 25.1. The van der Waals surface area contributed by atoms with Crippen molar-refractivity contribution in [2.45, 2.75) is 0 Å². The molecule has 220 valence electrons. The molecule has 47 heavy (non-hydrogen) atoms. The maximum absolute atomic E-state index is 6.39. The molecular weight excluding hydrogens is 578 g/mol. The third-order valence-corrected chi connectivity index (χ3v) is 8.36. The average Bonchev–Trinajstić information content (AvgIpc) is 3.53. The Balaban J connectivity index is 1.23. The van der Waals surface area contributed by atoms with Crippen molar-refractivity contribution in [1.29, 1.82) is 0 Å². The number of para-hydroxylation sites is 1. The maximum atomic E-state index is 6.39. The molecule has 0 atom stereocenters. The Morgan fingerprint density at radius 3 is 1.85 bits per heavy atom. The smallest absolute Gasteiger partial charge is 0.164 e. The Labute approximate surface area is 270 Å². The van der Waals surface area contributed by atoms with E-state index in [4.69, 9.17) is 29.3 Å². The van der Waals surface area contributed by atoms with Gasteiger partial charge in [-0.3, -0.25) is 4.98 Å². The molecule has 0 fully saturated rings. The molecule has 6 heteroatoms. The summed E-state index contributed by atoms with van der Waals surface area (Å²) in [6.07, 6.45) is 1.80. The van der Waals surface area contributed by atoms with E-state index in [0.29, 0.717) is 17.5 Å². The van der Waals surface area contributed by atoms with Crippen LogP contribution in [0.25, 0.3) is 89.5 Å². The monoisotopic (exact) mass is 603 g/mol. The Morgan fingerprint density at radius 1 is 0.426 bits per heavy atom. The van der Waals surface area contributed by atoms with Gasteiger partial charge >= 0.3 is 0 Å². The first-order chi connectivity index (χ1) is 23.3. The number of rotatable bonds is 5. The van der Waals surface area contributed by atoms with Gasteiger partial charge in [0.2, 0.25) is 0 Å². The maximum Gasteiger partial charge on any atom is 0.164 e. The quantitative estimate of drug-likeness (QED) is 0.195. The molecule has 4 heterocycles. The van der Waals surface area contributed by atoms with E-state index in [2.05, 4.69) is 42.5 Å². The number of hydrogen-bond acceptors (Lipinski definition) is 6. The molecule has 5 aromatic carbocycles. The van der Waals surface area contributed by atoms with Gasteiger partial charge in [-0.2, -0.15) is 0 Å². The molecule has 4 aromatic heterocycles. The Bertz CT molecular complexity index is 2520. The fourth-order valence-electron chi connectivity index (χ4n) is 6.08. The number of fused-ring (bicyclic) bond motifs is 4. The zero-order valence-electron chi connectivity index (χ0n) is 25.1. The van der Waals surface area contributed by atoms with E-state index in [9.17, 15) is 0 Å². The van der Waals surface area contributed by atoms with Crippen molar-refractivity contribution in [3.63, 3.8) is 0 Å². The zero-order chi connectivity index (χ0) is 31.2. The summed E-state index contributed by atoms with van der Waals surface area (Å²) in [4.78, 5) is 24.5. The van der Waals surface area contributed by atoms with Crippen LogP contribution >= 0.6 is 0 Å². The van der Waals surface area contributed by atoms with Crippen LogP contribution in [0.15, 0.2) is 156 Å². The van der Waals surface area contributed by atoms with Crippen molar-refractivity contribution in [2.75, 3.05) is 0 Å². The summed E-state index contributed by atoms with van der Waals surface area (Å²) in [5.74, 6) is 1.85. The lowest BCUT2D eigenvalue weighted by Crippen LogP contribution is -2.00. The molecule has 0 N–H and O–H groups in total. The Morgan fingerprint density at radius 2 is 1.09 bits per heavy atom. The summed E-state index contributed by atoms with van der Waals surface area (Å²) in [6.45, 7) is 0. The SMILES string of the molecule is c1ccc(-c2nc(-c3ccccc3)nc(-c3cccc(-c4cc(-c5ccc6ccccc6n5)c5c(c4)oc4cccnc45)c3)n2)cc1. The topological polar surface area (TPSA) is 77.6 Å². The number of benzene rings is 5. The van der Waals surface area contributed by atoms with Crippen LogP contribution in [-0.2, 0) is 0 Å². The highest BCUT2D eigenvalue weighted by Gasteiger charge is 2.18. The van der Waals surface area contributed by atoms with Gasteiger partial charge in [0, 0.05) is 33.8 Å². The fourth-order valence-corrected chi connectivity index (χ4v) is 6.08. The van der Waals surface area contributed by atoms with Crippen LogP contribution in [0, 0.1) is 0 Å². The number of pyridine rings is 2. The molecule has 0 saturated carbocycles. The molecule has 0 aliphatic heterocycles. The van der Waals surface area contributed by atoms with Crippen LogP contribution in [0.3, 0.4) is 0 Å². The van der Waals surface area contributed by atoms with Gasteiger partial charge in [0.1, 0.15) is 11.1 Å². The van der Waals surface area contributed by atoms with Gasteiger partial charge in [0.05, 0.1) is 16.6 Å². The molecule has 6 nitrogen and oxygen atoms in total. The highest BCUT2D eigenvalue weighted by Crippen LogP contribution is 2.39. The van der Waals surface area contributed by atoms with Crippen LogP contribution in [-0.4, -0.2) is 24.9 Å². The predicted molar refractivity (Wildman–Crippen MR) is 187 cm³/mol. The lowest BCUT2D eigenvalue weighted by atomic mass is 9.96. The first-order valence-electron chi connectivity index (χ1n) is 15.4. The third-order valence-electron chi connectivity index (χ3n) is 8.36. The van der Waals surface area contributed by atoms with E-state index in [-0.39, 0.29) is 0 Å². The first kappa shape index (κ1) is 26.8. The standard InChI is InChI=1S/C41H25N5O/c1-3-12-27(13-4-1)39-44-40(28-14-5-2-6-15-28)46-41(45-39)30-17-9-16-29(23-30)31-24-32(34-21-20-26-11-7-8-18-33(26)43-34)37-36(25-31)47-35-19-10-22-42-38(35)37/h1-25H. The second-order valence-corrected chi connectivity index (χ2v) is 11.4. The van der Waals surface area contributed by atoms with E-state index in [0.717, 1.165) is 72.0 Å². The van der Waals surface area contributed by atoms with E-state index >= 15 is 0 Å². The van der Waals surface area contributed by atoms with Crippen LogP contribution in [0.2, 0.25) is 0 Å². The fraction of sp³-hybridized carbons (Fsp3) is 0. The molecule has 9 rings (SSSR count). The summed E-state index contributed by atoms with van der Waals surface area (Å²) < 4.78 is 6.39. The van der Waals surface area contributed by atoms with Gasteiger partial charge in [-0.1, -0.05) is 103 Å². The third kappa shape index (κ3) is 4.89. The lowest BCUT2D eigenvalue weighted by Gasteiger charge is -2.11. The van der Waals surface area contributed by atoms with Gasteiger partial charge in [-0.25, -0.2) is 19.9 Å². The molecule has 0 unspecified atom stereocenters. The molecule has 0 spiro atoms. The summed E-state index contributed by atoms with van der Waals surface area (Å²) in [5.41, 5.74) is 9.81. The van der Waals surface area contributed by atoms with E-state index in [1.807, 2.05) is 103 Å². The van der Waals surface area contributed by atoms with E-state index in [1.54, 1.807) is 6.20 Å². The first-order valence-corrected chi connectivity index (χ1v) is 15.4. The van der Waals surface area contributed by atoms with Crippen molar-refractivity contribution in [3.05, 3.63) is 152 Å². The minimum atomic E-state index is 0.602. The van der Waals surface area contributed by atoms with E-state index in [1.165, 1.54) is 0 Å². The number of aromatic nitrogens is 5. The second kappa shape index (κ2) is 11.1. The summed E-state index contributed by atoms with van der Waals surface area (Å²) in [7, 11) is 0. The summed E-state index contributed by atoms with van der Waals surface area (Å²) in [5, 5.41) is 2.04. The van der Waals surface area contributed by atoms with Crippen molar-refractivity contribution in [1.82, 2.24) is 24.9 Å². The van der Waals surface area contributed by atoms with Crippen LogP contribution in [0.1, 0.15) is 0 Å². The molecule has 0 bridgehead atoms. The molecule has 0 saturated heterocycles. The number of hydrogen-bond donors (Lipinski definition) is 0. The van der Waals surface area contributed by atoms with Crippen LogP contribution in [0.4, 0.5) is 0 Å². The van der Waals surface area contributed by atoms with E-state index < -0.39 is 0 Å².